The quantitative estimate of drug-likeness (QED) is 0.598. The number of hydrogen-bond acceptors (Lipinski definition) is 3. The number of hydrogen-bond donors (Lipinski definition) is 0. The van der Waals surface area contributed by atoms with E-state index in [9.17, 15) is 8.42 Å². The summed E-state index contributed by atoms with van der Waals surface area (Å²) >= 11 is 0. The number of aryl methyl sites for hydroxylation is 1. The normalized spacial score (nSPS) is 18.8. The van der Waals surface area contributed by atoms with Crippen LogP contribution in [0.5, 0.6) is 0 Å². The van der Waals surface area contributed by atoms with Crippen LogP contribution in [0.1, 0.15) is 35.6 Å². The molecule has 2 aliphatic rings. The molecule has 1 aliphatic carbocycles. The molecular weight excluding hydrogens is 390 g/mol. The first-order chi connectivity index (χ1) is 14.5. The lowest BCUT2D eigenvalue weighted by atomic mass is 9.85. The number of nitrogens with zero attached hydrogens (tertiary/aromatic N) is 1. The summed E-state index contributed by atoms with van der Waals surface area (Å²) in [6, 6.07) is 23.5. The highest BCUT2D eigenvalue weighted by Crippen LogP contribution is 2.33. The zero-order valence-electron chi connectivity index (χ0n) is 17.3. The molecule has 1 aliphatic heterocycles. The van der Waals surface area contributed by atoms with Crippen molar-refractivity contribution in [1.29, 1.82) is 0 Å². The molecule has 1 atom stereocenters. The molecule has 0 radical (unpaired) electrons. The van der Waals surface area contributed by atoms with E-state index in [4.69, 9.17) is 0 Å². The second-order valence-electron chi connectivity index (χ2n) is 8.48. The molecule has 1 heterocycles. The molecule has 0 N–H and O–H groups in total. The summed E-state index contributed by atoms with van der Waals surface area (Å²) in [4.78, 5) is 3.04. The third kappa shape index (κ3) is 3.59. The Hall–Kier alpha value is -2.43. The fourth-order valence-corrected chi connectivity index (χ4v) is 5.75. The van der Waals surface area contributed by atoms with Gasteiger partial charge in [-0.25, -0.2) is 8.42 Å². The lowest BCUT2D eigenvalue weighted by Gasteiger charge is -2.32. The van der Waals surface area contributed by atoms with Gasteiger partial charge in [-0.3, -0.25) is 4.90 Å². The van der Waals surface area contributed by atoms with Gasteiger partial charge < -0.3 is 0 Å². The summed E-state index contributed by atoms with van der Waals surface area (Å²) in [5.41, 5.74) is 8.09. The minimum absolute atomic E-state index is 0.133. The maximum absolute atomic E-state index is 12.0. The summed E-state index contributed by atoms with van der Waals surface area (Å²) in [5.74, 6) is 0.133. The predicted octanol–water partition coefficient (Wildman–Crippen LogP) is 5.02. The molecule has 30 heavy (non-hydrogen) atoms. The van der Waals surface area contributed by atoms with Gasteiger partial charge in [0.25, 0.3) is 0 Å². The van der Waals surface area contributed by atoms with Gasteiger partial charge in [0.1, 0.15) is 0 Å². The molecule has 0 spiro atoms. The fraction of sp³-hybridized carbons (Fsp3) is 0.308. The number of benzene rings is 3. The maximum atomic E-state index is 12.0. The molecule has 0 saturated carbocycles. The Morgan fingerprint density at radius 2 is 1.50 bits per heavy atom. The van der Waals surface area contributed by atoms with Crippen molar-refractivity contribution >= 4 is 9.84 Å². The molecule has 5 rings (SSSR count). The van der Waals surface area contributed by atoms with Crippen LogP contribution in [0.15, 0.2) is 71.6 Å². The maximum Gasteiger partial charge on any atom is 0.178 e. The van der Waals surface area contributed by atoms with Crippen LogP contribution in [-0.4, -0.2) is 25.1 Å². The van der Waals surface area contributed by atoms with Gasteiger partial charge in [0, 0.05) is 19.1 Å². The van der Waals surface area contributed by atoms with Gasteiger partial charge in [-0.1, -0.05) is 61.5 Å². The number of rotatable bonds is 4. The average molecular weight is 418 g/mol. The summed E-state index contributed by atoms with van der Waals surface area (Å²) < 4.78 is 24.1. The van der Waals surface area contributed by atoms with Crippen molar-refractivity contribution in [3.05, 3.63) is 89.0 Å². The highest BCUT2D eigenvalue weighted by Gasteiger charge is 2.28. The molecule has 154 valence electrons. The molecule has 0 saturated heterocycles. The lowest BCUT2D eigenvalue weighted by molar-refractivity contribution is 0.181. The van der Waals surface area contributed by atoms with Crippen molar-refractivity contribution in [3.63, 3.8) is 0 Å². The smallest absolute Gasteiger partial charge is 0.178 e. The Morgan fingerprint density at radius 1 is 0.833 bits per heavy atom. The fourth-order valence-electron chi connectivity index (χ4n) is 4.87. The van der Waals surface area contributed by atoms with E-state index in [2.05, 4.69) is 47.4 Å². The molecule has 3 aromatic rings. The van der Waals surface area contributed by atoms with Crippen LogP contribution in [0, 0.1) is 0 Å². The van der Waals surface area contributed by atoms with E-state index in [1.54, 1.807) is 19.1 Å². The third-order valence-electron chi connectivity index (χ3n) is 6.72. The molecular formula is C26H27NO2S. The van der Waals surface area contributed by atoms with Crippen molar-refractivity contribution in [2.75, 3.05) is 5.75 Å². The number of sulfone groups is 1. The highest BCUT2D eigenvalue weighted by molar-refractivity contribution is 7.91. The molecule has 0 aromatic heterocycles. The first-order valence-electron chi connectivity index (χ1n) is 10.8. The largest absolute Gasteiger partial charge is 0.292 e. The average Bonchev–Trinajstić information content (AvgIpc) is 3.23. The van der Waals surface area contributed by atoms with Gasteiger partial charge in [-0.2, -0.15) is 0 Å². The molecule has 1 unspecified atom stereocenters. The second-order valence-corrected chi connectivity index (χ2v) is 10.8. The van der Waals surface area contributed by atoms with Crippen LogP contribution in [-0.2, 0) is 35.8 Å². The van der Waals surface area contributed by atoms with Crippen LogP contribution in [0.25, 0.3) is 11.1 Å². The third-order valence-corrected chi connectivity index (χ3v) is 8.47. The van der Waals surface area contributed by atoms with E-state index in [-0.39, 0.29) is 5.75 Å². The van der Waals surface area contributed by atoms with Crippen molar-refractivity contribution in [2.24, 2.45) is 0 Å². The van der Waals surface area contributed by atoms with Crippen LogP contribution in [0.4, 0.5) is 0 Å². The van der Waals surface area contributed by atoms with Crippen LogP contribution in [0.2, 0.25) is 0 Å². The summed E-state index contributed by atoms with van der Waals surface area (Å²) in [7, 11) is -3.15. The van der Waals surface area contributed by atoms with Gasteiger partial charge in [0.05, 0.1) is 10.6 Å². The standard InChI is InChI=1S/C26H27NO2S/c1-2-30(28,29)26-13-10-19(11-14-26)20-7-8-22-16-25(12-9-21(22)15-20)27-17-23-5-3-4-6-24(23)18-27/h3-8,10-11,13-15,25H,2,9,12,16-18H2,1H3. The Bertz CT molecular complexity index is 1160. The van der Waals surface area contributed by atoms with E-state index in [0.717, 1.165) is 31.5 Å². The molecule has 0 fully saturated rings. The van der Waals surface area contributed by atoms with Gasteiger partial charge in [0.15, 0.2) is 9.84 Å². The SMILES string of the molecule is CCS(=O)(=O)c1ccc(-c2ccc3c(c2)CCC(N2Cc4ccccc4C2)C3)cc1. The zero-order valence-corrected chi connectivity index (χ0v) is 18.2. The first-order valence-corrected chi connectivity index (χ1v) is 12.4. The van der Waals surface area contributed by atoms with Crippen molar-refractivity contribution in [3.8, 4) is 11.1 Å². The van der Waals surface area contributed by atoms with E-state index >= 15 is 0 Å². The molecule has 3 aromatic carbocycles. The Morgan fingerprint density at radius 3 is 2.17 bits per heavy atom. The Kier molecular flexibility index (Phi) is 5.00. The Balaban J connectivity index is 1.33. The summed E-state index contributed by atoms with van der Waals surface area (Å²) in [5, 5.41) is 0. The van der Waals surface area contributed by atoms with Gasteiger partial charge in [-0.15, -0.1) is 0 Å². The Labute approximate surface area is 179 Å². The van der Waals surface area contributed by atoms with E-state index < -0.39 is 9.84 Å². The summed E-state index contributed by atoms with van der Waals surface area (Å²) in [6.07, 6.45) is 3.40. The van der Waals surface area contributed by atoms with Gasteiger partial charge in [-0.05, 0) is 64.8 Å². The molecule has 0 bridgehead atoms. The predicted molar refractivity (Wildman–Crippen MR) is 121 cm³/mol. The van der Waals surface area contributed by atoms with Crippen molar-refractivity contribution in [2.45, 2.75) is 50.2 Å². The second kappa shape index (κ2) is 7.68. The lowest BCUT2D eigenvalue weighted by Crippen LogP contribution is -2.35. The molecule has 0 amide bonds. The van der Waals surface area contributed by atoms with Crippen molar-refractivity contribution < 1.29 is 8.42 Å². The first kappa shape index (κ1) is 19.5. The molecule has 3 nitrogen and oxygen atoms in total. The molecule has 4 heteroatoms. The zero-order chi connectivity index (χ0) is 20.7. The van der Waals surface area contributed by atoms with E-state index in [0.29, 0.717) is 10.9 Å². The van der Waals surface area contributed by atoms with E-state index in [1.807, 2.05) is 12.1 Å². The van der Waals surface area contributed by atoms with Crippen LogP contribution < -0.4 is 0 Å². The van der Waals surface area contributed by atoms with E-state index in [1.165, 1.54) is 34.2 Å². The number of fused-ring (bicyclic) bond motifs is 2. The minimum Gasteiger partial charge on any atom is -0.292 e. The minimum atomic E-state index is -3.15. The van der Waals surface area contributed by atoms with Gasteiger partial charge >= 0.3 is 0 Å². The van der Waals surface area contributed by atoms with Crippen molar-refractivity contribution in [1.82, 2.24) is 4.90 Å². The van der Waals surface area contributed by atoms with Gasteiger partial charge in [0.2, 0.25) is 0 Å². The summed E-state index contributed by atoms with van der Waals surface area (Å²) in [6.45, 7) is 3.82. The van der Waals surface area contributed by atoms with Crippen LogP contribution in [0.3, 0.4) is 0 Å². The van der Waals surface area contributed by atoms with Crippen LogP contribution >= 0.6 is 0 Å². The topological polar surface area (TPSA) is 37.4 Å². The highest BCUT2D eigenvalue weighted by atomic mass is 32.2. The monoisotopic (exact) mass is 417 g/mol.